The molecule has 1 aliphatic heterocycles. The van der Waals surface area contributed by atoms with E-state index in [0.717, 1.165) is 52.0 Å². The molecule has 0 radical (unpaired) electrons. The van der Waals surface area contributed by atoms with Gasteiger partial charge in [0.15, 0.2) is 0 Å². The van der Waals surface area contributed by atoms with Crippen molar-refractivity contribution < 1.29 is 9.59 Å². The van der Waals surface area contributed by atoms with Crippen LogP contribution in [0.3, 0.4) is 0 Å². The van der Waals surface area contributed by atoms with Crippen molar-refractivity contribution in [3.8, 4) is 0 Å². The highest BCUT2D eigenvalue weighted by molar-refractivity contribution is 7.20. The maximum Gasteiger partial charge on any atom is 0.264 e. The number of fused-ring (bicyclic) bond motifs is 1. The van der Waals surface area contributed by atoms with Crippen LogP contribution in [0.15, 0.2) is 6.07 Å². The molecule has 1 N–H and O–H groups in total. The van der Waals surface area contributed by atoms with Gasteiger partial charge in [-0.05, 0) is 63.6 Å². The lowest BCUT2D eigenvalue weighted by atomic mass is 9.95. The number of carbonyl (C=O) groups is 2. The van der Waals surface area contributed by atoms with Gasteiger partial charge in [-0.3, -0.25) is 9.59 Å². The zero-order chi connectivity index (χ0) is 18.4. The number of nitrogens with one attached hydrogen (secondary N) is 1. The first-order valence-corrected chi connectivity index (χ1v) is 10.2. The first-order chi connectivity index (χ1) is 12.4. The van der Waals surface area contributed by atoms with Crippen LogP contribution in [0.25, 0.3) is 10.2 Å². The molecular weight excluding hydrogens is 346 g/mol. The van der Waals surface area contributed by atoms with E-state index in [1.54, 1.807) is 0 Å². The van der Waals surface area contributed by atoms with E-state index >= 15 is 0 Å². The minimum absolute atomic E-state index is 0.0507. The first-order valence-electron chi connectivity index (χ1n) is 9.41. The Morgan fingerprint density at radius 1 is 1.15 bits per heavy atom. The summed E-state index contributed by atoms with van der Waals surface area (Å²) >= 11 is 1.50. The molecule has 1 saturated carbocycles. The van der Waals surface area contributed by atoms with Crippen LogP contribution in [0.1, 0.15) is 52.2 Å². The van der Waals surface area contributed by atoms with Gasteiger partial charge in [-0.25, -0.2) is 4.98 Å². The van der Waals surface area contributed by atoms with E-state index in [1.807, 2.05) is 18.7 Å². The van der Waals surface area contributed by atoms with Gasteiger partial charge in [-0.2, -0.15) is 0 Å². The average Bonchev–Trinajstić information content (AvgIpc) is 3.36. The van der Waals surface area contributed by atoms with Crippen molar-refractivity contribution >= 4 is 33.4 Å². The molecule has 2 aromatic heterocycles. The molecular formula is C20H25N3O2S. The molecule has 4 rings (SSSR count). The Balaban J connectivity index is 1.48. The van der Waals surface area contributed by atoms with Crippen LogP contribution in [0.4, 0.5) is 0 Å². The molecule has 26 heavy (non-hydrogen) atoms. The highest BCUT2D eigenvalue weighted by atomic mass is 32.1. The van der Waals surface area contributed by atoms with E-state index < -0.39 is 0 Å². The second-order valence-electron chi connectivity index (χ2n) is 7.67. The Hall–Kier alpha value is -1.95. The highest BCUT2D eigenvalue weighted by Crippen LogP contribution is 2.34. The zero-order valence-electron chi connectivity index (χ0n) is 15.6. The van der Waals surface area contributed by atoms with E-state index in [1.165, 1.54) is 16.9 Å². The smallest absolute Gasteiger partial charge is 0.264 e. The quantitative estimate of drug-likeness (QED) is 0.900. The highest BCUT2D eigenvalue weighted by Gasteiger charge is 2.32. The number of hydrogen-bond donors (Lipinski definition) is 1. The molecule has 0 atom stereocenters. The molecule has 3 heterocycles. The van der Waals surface area contributed by atoms with Gasteiger partial charge in [0.2, 0.25) is 5.91 Å². The molecule has 0 bridgehead atoms. The van der Waals surface area contributed by atoms with Crippen LogP contribution in [0.2, 0.25) is 0 Å². The van der Waals surface area contributed by atoms with E-state index in [0.29, 0.717) is 19.1 Å². The number of thiophene rings is 1. The van der Waals surface area contributed by atoms with Crippen LogP contribution in [-0.4, -0.2) is 40.8 Å². The Labute approximate surface area is 157 Å². The molecule has 1 aliphatic carbocycles. The number of aromatic nitrogens is 1. The monoisotopic (exact) mass is 371 g/mol. The van der Waals surface area contributed by atoms with Gasteiger partial charge in [0, 0.05) is 36.1 Å². The van der Waals surface area contributed by atoms with Crippen molar-refractivity contribution in [3.05, 3.63) is 27.8 Å². The fraction of sp³-hybridized carbons (Fsp3) is 0.550. The Morgan fingerprint density at radius 3 is 2.50 bits per heavy atom. The summed E-state index contributed by atoms with van der Waals surface area (Å²) < 4.78 is 0. The van der Waals surface area contributed by atoms with E-state index in [-0.39, 0.29) is 17.7 Å². The van der Waals surface area contributed by atoms with Crippen molar-refractivity contribution in [3.63, 3.8) is 0 Å². The number of nitrogens with zero attached hydrogens (tertiary/aromatic N) is 2. The Kier molecular flexibility index (Phi) is 4.47. The fourth-order valence-corrected chi connectivity index (χ4v) is 5.13. The largest absolute Gasteiger partial charge is 0.353 e. The average molecular weight is 372 g/mol. The van der Waals surface area contributed by atoms with Gasteiger partial charge in [-0.15, -0.1) is 11.3 Å². The second-order valence-corrected chi connectivity index (χ2v) is 8.67. The number of amides is 2. The van der Waals surface area contributed by atoms with Gasteiger partial charge in [0.1, 0.15) is 4.83 Å². The molecule has 6 heteroatoms. The third-order valence-corrected chi connectivity index (χ3v) is 6.67. The fourth-order valence-electron chi connectivity index (χ4n) is 3.86. The Bertz CT molecular complexity index is 877. The first kappa shape index (κ1) is 17.5. The van der Waals surface area contributed by atoms with E-state index in [4.69, 9.17) is 0 Å². The van der Waals surface area contributed by atoms with Crippen LogP contribution in [-0.2, 0) is 4.79 Å². The lowest BCUT2D eigenvalue weighted by Gasteiger charge is -2.31. The summed E-state index contributed by atoms with van der Waals surface area (Å²) in [5, 5.41) is 4.20. The number of likely N-dealkylation sites (tertiary alicyclic amines) is 1. The van der Waals surface area contributed by atoms with Gasteiger partial charge in [0.25, 0.3) is 5.91 Å². The number of piperidine rings is 1. The normalized spacial score (nSPS) is 18.3. The maximum absolute atomic E-state index is 13.1. The number of rotatable bonds is 3. The third kappa shape index (κ3) is 3.22. The van der Waals surface area contributed by atoms with Crippen molar-refractivity contribution in [2.75, 3.05) is 13.1 Å². The van der Waals surface area contributed by atoms with Crippen LogP contribution >= 0.6 is 11.3 Å². The molecule has 2 amide bonds. The number of pyridine rings is 1. The molecule has 2 fully saturated rings. The van der Waals surface area contributed by atoms with E-state index in [9.17, 15) is 9.59 Å². The van der Waals surface area contributed by atoms with Crippen molar-refractivity contribution in [1.82, 2.24) is 15.2 Å². The van der Waals surface area contributed by atoms with Crippen LogP contribution in [0.5, 0.6) is 0 Å². The van der Waals surface area contributed by atoms with Gasteiger partial charge >= 0.3 is 0 Å². The molecule has 2 aromatic rings. The summed E-state index contributed by atoms with van der Waals surface area (Å²) in [4.78, 5) is 33.5. The topological polar surface area (TPSA) is 62.3 Å². The van der Waals surface area contributed by atoms with Crippen LogP contribution in [0, 0.1) is 26.7 Å². The molecule has 1 saturated heterocycles. The number of carbonyl (C=O) groups excluding carboxylic acids is 2. The summed E-state index contributed by atoms with van der Waals surface area (Å²) in [6.45, 7) is 7.39. The minimum Gasteiger partial charge on any atom is -0.353 e. The SMILES string of the molecule is Cc1cc(C)c2c(C)c(C(=O)N3CCC(C(=O)NC4CC4)CC3)sc2n1. The molecule has 138 valence electrons. The van der Waals surface area contributed by atoms with E-state index in [2.05, 4.69) is 23.3 Å². The summed E-state index contributed by atoms with van der Waals surface area (Å²) in [5.74, 6) is 0.311. The standard InChI is InChI=1S/C20H25N3O2S/c1-11-10-12(2)21-19-16(11)13(3)17(26-19)20(25)23-8-6-14(7-9-23)18(24)22-15-4-5-15/h10,14-15H,4-9H2,1-3H3,(H,22,24). The van der Waals surface area contributed by atoms with Gasteiger partial charge < -0.3 is 10.2 Å². The zero-order valence-corrected chi connectivity index (χ0v) is 16.4. The molecule has 0 spiro atoms. The lowest BCUT2D eigenvalue weighted by molar-refractivity contribution is -0.126. The minimum atomic E-state index is 0.0507. The predicted octanol–water partition coefficient (Wildman–Crippen LogP) is 3.35. The summed E-state index contributed by atoms with van der Waals surface area (Å²) in [5.41, 5.74) is 3.20. The molecule has 0 unspecified atom stereocenters. The lowest BCUT2D eigenvalue weighted by Crippen LogP contribution is -2.43. The summed E-state index contributed by atoms with van der Waals surface area (Å²) in [6, 6.07) is 2.47. The number of hydrogen-bond acceptors (Lipinski definition) is 4. The second kappa shape index (κ2) is 6.65. The molecule has 5 nitrogen and oxygen atoms in total. The van der Waals surface area contributed by atoms with Gasteiger partial charge in [-0.1, -0.05) is 0 Å². The molecule has 0 aromatic carbocycles. The summed E-state index contributed by atoms with van der Waals surface area (Å²) in [7, 11) is 0. The van der Waals surface area contributed by atoms with Crippen LogP contribution < -0.4 is 5.32 Å². The van der Waals surface area contributed by atoms with Crippen molar-refractivity contribution in [2.24, 2.45) is 5.92 Å². The Morgan fingerprint density at radius 2 is 1.85 bits per heavy atom. The number of aryl methyl sites for hydroxylation is 3. The maximum atomic E-state index is 13.1. The van der Waals surface area contributed by atoms with Crippen molar-refractivity contribution in [2.45, 2.75) is 52.5 Å². The summed E-state index contributed by atoms with van der Waals surface area (Å²) in [6.07, 6.45) is 3.73. The van der Waals surface area contributed by atoms with Crippen molar-refractivity contribution in [1.29, 1.82) is 0 Å². The third-order valence-electron chi connectivity index (χ3n) is 5.50. The van der Waals surface area contributed by atoms with Gasteiger partial charge in [0.05, 0.1) is 4.88 Å². The predicted molar refractivity (Wildman–Crippen MR) is 104 cm³/mol. The molecule has 2 aliphatic rings.